The van der Waals surface area contributed by atoms with Crippen molar-refractivity contribution in [3.8, 4) is 33.5 Å². The molecule has 1 aliphatic rings. The van der Waals surface area contributed by atoms with Crippen LogP contribution in [-0.4, -0.2) is 9.97 Å². The summed E-state index contributed by atoms with van der Waals surface area (Å²) in [5.74, 6) is 0. The Balaban J connectivity index is 1.60. The van der Waals surface area contributed by atoms with Crippen LogP contribution in [-0.2, 0) is 0 Å². The van der Waals surface area contributed by atoms with Crippen molar-refractivity contribution in [3.63, 3.8) is 0 Å². The van der Waals surface area contributed by atoms with Gasteiger partial charge in [-0.1, -0.05) is 66.2 Å². The molecule has 0 saturated carbocycles. The van der Waals surface area contributed by atoms with Gasteiger partial charge in [0.05, 0.1) is 11.2 Å². The van der Waals surface area contributed by atoms with Crippen molar-refractivity contribution in [2.75, 3.05) is 0 Å². The van der Waals surface area contributed by atoms with Crippen LogP contribution in [0.15, 0.2) is 97.3 Å². The number of rotatable bonds is 1. The number of hydrogen-bond donors (Lipinski definition) is 0. The maximum absolute atomic E-state index is 4.83. The highest BCUT2D eigenvalue weighted by Crippen LogP contribution is 2.51. The van der Waals surface area contributed by atoms with Gasteiger partial charge in [-0.25, -0.2) is 0 Å². The summed E-state index contributed by atoms with van der Waals surface area (Å²) in [6, 6.07) is 31.1. The topological polar surface area (TPSA) is 25.8 Å². The largest absolute Gasteiger partial charge is 0.256 e. The molecule has 0 aliphatic heterocycles. The Bertz CT molecular complexity index is 2060. The van der Waals surface area contributed by atoms with E-state index in [-0.39, 0.29) is 0 Å². The fourth-order valence-corrected chi connectivity index (χ4v) is 6.27. The molecular formula is C34H22N2. The van der Waals surface area contributed by atoms with Gasteiger partial charge in [0, 0.05) is 34.5 Å². The molecule has 0 atom stereocenters. The number of pyridine rings is 2. The molecule has 0 fully saturated rings. The Hall–Kier alpha value is -4.56. The molecule has 0 unspecified atom stereocenters. The van der Waals surface area contributed by atoms with Crippen LogP contribution >= 0.6 is 0 Å². The molecule has 0 spiro atoms. The Labute approximate surface area is 208 Å². The van der Waals surface area contributed by atoms with Crippen LogP contribution in [0.3, 0.4) is 0 Å². The minimum atomic E-state index is 1.04. The first kappa shape index (κ1) is 19.7. The first-order valence-corrected chi connectivity index (χ1v) is 12.4. The first-order chi connectivity index (χ1) is 17.7. The van der Waals surface area contributed by atoms with Crippen LogP contribution in [0, 0.1) is 13.8 Å². The molecule has 36 heavy (non-hydrogen) atoms. The van der Waals surface area contributed by atoms with Crippen molar-refractivity contribution in [1.29, 1.82) is 0 Å². The third kappa shape index (κ3) is 2.51. The zero-order valence-corrected chi connectivity index (χ0v) is 20.1. The van der Waals surface area contributed by atoms with Crippen molar-refractivity contribution >= 4 is 43.2 Å². The quantitative estimate of drug-likeness (QED) is 0.229. The monoisotopic (exact) mass is 458 g/mol. The lowest BCUT2D eigenvalue weighted by molar-refractivity contribution is 1.34. The Kier molecular flexibility index (Phi) is 3.83. The summed E-state index contributed by atoms with van der Waals surface area (Å²) < 4.78 is 0. The summed E-state index contributed by atoms with van der Waals surface area (Å²) >= 11 is 0. The van der Waals surface area contributed by atoms with Gasteiger partial charge >= 0.3 is 0 Å². The lowest BCUT2D eigenvalue weighted by atomic mass is 9.87. The normalized spacial score (nSPS) is 12.2. The van der Waals surface area contributed by atoms with E-state index in [9.17, 15) is 0 Å². The van der Waals surface area contributed by atoms with E-state index in [4.69, 9.17) is 9.97 Å². The van der Waals surface area contributed by atoms with Crippen molar-refractivity contribution in [2.24, 2.45) is 0 Å². The standard InChI is InChI=1S/C34H22N2/c1-19-10-12-22-26(16-19)29(24-8-3-6-21-7-4-14-35-33(21)24)17-28-23-13-11-20(2)31-25-9-5-15-36-34(25)30(32(23)31)18-27(22)28/h3-18H,1-2H3. The molecule has 168 valence electrons. The molecule has 0 saturated heterocycles. The van der Waals surface area contributed by atoms with Gasteiger partial charge in [-0.15, -0.1) is 0 Å². The molecule has 2 heterocycles. The maximum Gasteiger partial charge on any atom is 0.0787 e. The van der Waals surface area contributed by atoms with Gasteiger partial charge in [0.2, 0.25) is 0 Å². The Morgan fingerprint density at radius 1 is 0.528 bits per heavy atom. The predicted molar refractivity (Wildman–Crippen MR) is 151 cm³/mol. The third-order valence-corrected chi connectivity index (χ3v) is 7.85. The molecule has 0 bridgehead atoms. The van der Waals surface area contributed by atoms with Crippen LogP contribution < -0.4 is 0 Å². The smallest absolute Gasteiger partial charge is 0.0787 e. The van der Waals surface area contributed by atoms with Gasteiger partial charge in [-0.05, 0) is 87.1 Å². The van der Waals surface area contributed by atoms with E-state index in [2.05, 4.69) is 86.6 Å². The van der Waals surface area contributed by atoms with Crippen LogP contribution in [0.4, 0.5) is 0 Å². The molecular weight excluding hydrogens is 436 g/mol. The fraction of sp³-hybridized carbons (Fsp3) is 0.0588. The number of benzene rings is 5. The molecule has 2 heteroatoms. The number of nitrogens with zero attached hydrogens (tertiary/aromatic N) is 2. The second kappa shape index (κ2) is 6.99. The van der Waals surface area contributed by atoms with Crippen LogP contribution in [0.5, 0.6) is 0 Å². The highest BCUT2D eigenvalue weighted by atomic mass is 14.7. The summed E-state index contributed by atoms with van der Waals surface area (Å²) in [5, 5.41) is 8.86. The molecule has 0 amide bonds. The van der Waals surface area contributed by atoms with Crippen LogP contribution in [0.1, 0.15) is 11.1 Å². The molecule has 2 nitrogen and oxygen atoms in total. The fourth-order valence-electron chi connectivity index (χ4n) is 6.27. The number of aromatic nitrogens is 2. The summed E-state index contributed by atoms with van der Waals surface area (Å²) in [7, 11) is 0. The van der Waals surface area contributed by atoms with Gasteiger partial charge in [0.25, 0.3) is 0 Å². The van der Waals surface area contributed by atoms with E-state index in [1.165, 1.54) is 71.3 Å². The van der Waals surface area contributed by atoms with Gasteiger partial charge in [0.15, 0.2) is 0 Å². The van der Waals surface area contributed by atoms with E-state index < -0.39 is 0 Å². The molecule has 1 aliphatic carbocycles. The minimum absolute atomic E-state index is 1.04. The number of para-hydroxylation sites is 1. The third-order valence-electron chi connectivity index (χ3n) is 7.85. The van der Waals surface area contributed by atoms with Crippen LogP contribution in [0.25, 0.3) is 76.7 Å². The zero-order chi connectivity index (χ0) is 24.0. The maximum atomic E-state index is 4.83. The number of fused-ring (bicyclic) bond motifs is 8. The Morgan fingerprint density at radius 2 is 1.28 bits per heavy atom. The van der Waals surface area contributed by atoms with E-state index in [0.29, 0.717) is 0 Å². The Morgan fingerprint density at radius 3 is 2.22 bits per heavy atom. The van der Waals surface area contributed by atoms with Crippen LogP contribution in [0.2, 0.25) is 0 Å². The van der Waals surface area contributed by atoms with Gasteiger partial charge in [-0.2, -0.15) is 0 Å². The lowest BCUT2D eigenvalue weighted by Gasteiger charge is -2.16. The van der Waals surface area contributed by atoms with Crippen molar-refractivity contribution in [1.82, 2.24) is 9.97 Å². The molecule has 2 aromatic heterocycles. The van der Waals surface area contributed by atoms with E-state index in [1.807, 2.05) is 24.5 Å². The number of aryl methyl sites for hydroxylation is 2. The first-order valence-electron chi connectivity index (χ1n) is 12.4. The van der Waals surface area contributed by atoms with Crippen molar-refractivity contribution in [3.05, 3.63) is 108 Å². The molecule has 5 aromatic carbocycles. The van der Waals surface area contributed by atoms with E-state index in [1.54, 1.807) is 0 Å². The number of hydrogen-bond acceptors (Lipinski definition) is 2. The highest BCUT2D eigenvalue weighted by molar-refractivity contribution is 6.29. The van der Waals surface area contributed by atoms with Gasteiger partial charge in [-0.3, -0.25) is 9.97 Å². The van der Waals surface area contributed by atoms with Gasteiger partial charge < -0.3 is 0 Å². The SMILES string of the molecule is Cc1ccc2c(c1)c(-c1cccc3cccnc13)cc1c3ccc(C)c4c3c(cc21)-c1ncccc1-4. The van der Waals surface area contributed by atoms with Gasteiger partial charge in [0.1, 0.15) is 0 Å². The summed E-state index contributed by atoms with van der Waals surface area (Å²) in [5.41, 5.74) is 10.9. The predicted octanol–water partition coefficient (Wildman–Crippen LogP) is 9.02. The zero-order valence-electron chi connectivity index (χ0n) is 20.1. The minimum Gasteiger partial charge on any atom is -0.256 e. The summed E-state index contributed by atoms with van der Waals surface area (Å²) in [4.78, 5) is 9.63. The van der Waals surface area contributed by atoms with Crippen molar-refractivity contribution < 1.29 is 0 Å². The average Bonchev–Trinajstić information content (AvgIpc) is 3.25. The average molecular weight is 459 g/mol. The second-order valence-corrected chi connectivity index (χ2v) is 9.95. The van der Waals surface area contributed by atoms with E-state index >= 15 is 0 Å². The molecule has 7 aromatic rings. The second-order valence-electron chi connectivity index (χ2n) is 9.95. The van der Waals surface area contributed by atoms with E-state index in [0.717, 1.165) is 16.6 Å². The summed E-state index contributed by atoms with van der Waals surface area (Å²) in [6.07, 6.45) is 3.80. The molecule has 0 radical (unpaired) electrons. The molecule has 0 N–H and O–H groups in total. The van der Waals surface area contributed by atoms with Crippen molar-refractivity contribution in [2.45, 2.75) is 13.8 Å². The molecule has 8 rings (SSSR count). The lowest BCUT2D eigenvalue weighted by Crippen LogP contribution is -1.90. The summed E-state index contributed by atoms with van der Waals surface area (Å²) in [6.45, 7) is 4.38. The highest BCUT2D eigenvalue weighted by Gasteiger charge is 2.26.